The van der Waals surface area contributed by atoms with Crippen LogP contribution in [0.25, 0.3) is 10.2 Å². The van der Waals surface area contributed by atoms with Crippen LogP contribution >= 0.6 is 11.3 Å². The Kier molecular flexibility index (Phi) is 5.25. The van der Waals surface area contributed by atoms with Gasteiger partial charge in [0.15, 0.2) is 5.13 Å². The second-order valence-corrected chi connectivity index (χ2v) is 9.19. The molecule has 2 saturated heterocycles. The van der Waals surface area contributed by atoms with E-state index in [4.69, 9.17) is 4.98 Å². The van der Waals surface area contributed by atoms with Gasteiger partial charge in [0.25, 0.3) is 5.91 Å². The van der Waals surface area contributed by atoms with E-state index in [1.807, 2.05) is 29.2 Å². The molecule has 5 rings (SSSR count). The summed E-state index contributed by atoms with van der Waals surface area (Å²) < 4.78 is 1.09. The maximum atomic E-state index is 13.1. The fraction of sp³-hybridized carbons (Fsp3) is 0.455. The fourth-order valence-corrected chi connectivity index (χ4v) is 5.18. The monoisotopic (exact) mass is 422 g/mol. The summed E-state index contributed by atoms with van der Waals surface area (Å²) in [5, 5.41) is 1.08. The summed E-state index contributed by atoms with van der Waals surface area (Å²) in [7, 11) is 0. The number of aromatic nitrogens is 3. The maximum absolute atomic E-state index is 13.1. The molecule has 2 aromatic heterocycles. The molecule has 0 N–H and O–H groups in total. The average Bonchev–Trinajstić information content (AvgIpc) is 3.23. The molecule has 3 aromatic rings. The second kappa shape index (κ2) is 8.18. The number of fused-ring (bicyclic) bond motifs is 1. The van der Waals surface area contributed by atoms with Gasteiger partial charge in [-0.15, -0.1) is 0 Å². The largest absolute Gasteiger partial charge is 0.348 e. The summed E-state index contributed by atoms with van der Waals surface area (Å²) in [6.45, 7) is 7.31. The van der Waals surface area contributed by atoms with Crippen LogP contribution < -0.4 is 9.80 Å². The van der Waals surface area contributed by atoms with Crippen molar-refractivity contribution in [3.05, 3.63) is 42.2 Å². The van der Waals surface area contributed by atoms with Crippen molar-refractivity contribution in [2.75, 3.05) is 49.1 Å². The van der Waals surface area contributed by atoms with Crippen molar-refractivity contribution < 1.29 is 4.79 Å². The predicted octanol–water partition coefficient (Wildman–Crippen LogP) is 3.29. The number of carbonyl (C=O) groups excluding carboxylic acids is 1. The van der Waals surface area contributed by atoms with Crippen molar-refractivity contribution in [1.82, 2.24) is 19.9 Å². The van der Waals surface area contributed by atoms with Gasteiger partial charge in [0.05, 0.1) is 10.2 Å². The van der Waals surface area contributed by atoms with Gasteiger partial charge in [-0.05, 0) is 43.0 Å². The molecule has 0 bridgehead atoms. The number of piperidine rings is 1. The first-order valence-electron chi connectivity index (χ1n) is 10.6. The van der Waals surface area contributed by atoms with Crippen LogP contribution in [0.1, 0.15) is 30.1 Å². The Hall–Kier alpha value is -2.74. The zero-order valence-corrected chi connectivity index (χ0v) is 18.0. The van der Waals surface area contributed by atoms with Crippen LogP contribution in [-0.2, 0) is 0 Å². The van der Waals surface area contributed by atoms with Crippen molar-refractivity contribution in [3.8, 4) is 0 Å². The molecule has 0 spiro atoms. The van der Waals surface area contributed by atoms with Crippen molar-refractivity contribution in [2.45, 2.75) is 19.8 Å². The summed E-state index contributed by atoms with van der Waals surface area (Å²) in [6, 6.07) is 7.73. The van der Waals surface area contributed by atoms with Gasteiger partial charge in [0.1, 0.15) is 0 Å². The van der Waals surface area contributed by atoms with E-state index in [2.05, 4.69) is 26.7 Å². The first kappa shape index (κ1) is 19.2. The number of carbonyl (C=O) groups is 1. The highest BCUT2D eigenvalue weighted by Crippen LogP contribution is 2.32. The summed E-state index contributed by atoms with van der Waals surface area (Å²) in [4.78, 5) is 33.0. The SMILES string of the molecule is CC1CCN(c2nc3ccc(C(=O)N4CCN(c5ncccn5)CC4)cc3s2)CC1. The van der Waals surface area contributed by atoms with Gasteiger partial charge in [-0.2, -0.15) is 0 Å². The van der Waals surface area contributed by atoms with Crippen LogP contribution in [0.15, 0.2) is 36.7 Å². The second-order valence-electron chi connectivity index (χ2n) is 8.18. The lowest BCUT2D eigenvalue weighted by atomic mass is 10.00. The summed E-state index contributed by atoms with van der Waals surface area (Å²) in [5.41, 5.74) is 1.73. The molecule has 0 saturated carbocycles. The molecule has 2 aliphatic heterocycles. The average molecular weight is 423 g/mol. The molecule has 1 aromatic carbocycles. The molecular weight excluding hydrogens is 396 g/mol. The van der Waals surface area contributed by atoms with Crippen molar-refractivity contribution >= 4 is 38.5 Å². The number of hydrogen-bond donors (Lipinski definition) is 0. The van der Waals surface area contributed by atoms with Crippen LogP contribution in [0.4, 0.5) is 11.1 Å². The van der Waals surface area contributed by atoms with E-state index in [1.54, 1.807) is 23.7 Å². The van der Waals surface area contributed by atoms with Crippen LogP contribution in [0, 0.1) is 5.92 Å². The Labute approximate surface area is 180 Å². The number of piperazine rings is 1. The van der Waals surface area contributed by atoms with Crippen molar-refractivity contribution in [3.63, 3.8) is 0 Å². The van der Waals surface area contributed by atoms with E-state index in [9.17, 15) is 4.79 Å². The van der Waals surface area contributed by atoms with Gasteiger partial charge in [-0.25, -0.2) is 15.0 Å². The predicted molar refractivity (Wildman–Crippen MR) is 120 cm³/mol. The third kappa shape index (κ3) is 3.84. The van der Waals surface area contributed by atoms with E-state index >= 15 is 0 Å². The van der Waals surface area contributed by atoms with Crippen LogP contribution in [0.5, 0.6) is 0 Å². The highest BCUT2D eigenvalue weighted by Gasteiger charge is 2.24. The topological polar surface area (TPSA) is 65.5 Å². The molecule has 8 heteroatoms. The van der Waals surface area contributed by atoms with E-state index in [0.29, 0.717) is 13.1 Å². The number of amides is 1. The lowest BCUT2D eigenvalue weighted by Gasteiger charge is -2.34. The van der Waals surface area contributed by atoms with Gasteiger partial charge >= 0.3 is 0 Å². The van der Waals surface area contributed by atoms with Gasteiger partial charge in [0, 0.05) is 57.2 Å². The Morgan fingerprint density at radius 2 is 1.73 bits per heavy atom. The molecule has 2 aliphatic rings. The molecule has 0 radical (unpaired) electrons. The first-order valence-corrected chi connectivity index (χ1v) is 11.5. The Morgan fingerprint density at radius 3 is 2.47 bits per heavy atom. The summed E-state index contributed by atoms with van der Waals surface area (Å²) in [5.74, 6) is 1.62. The Morgan fingerprint density at radius 1 is 1.00 bits per heavy atom. The molecule has 30 heavy (non-hydrogen) atoms. The normalized spacial score (nSPS) is 18.2. The lowest BCUT2D eigenvalue weighted by Crippen LogP contribution is -2.49. The number of thiazole rings is 1. The van der Waals surface area contributed by atoms with E-state index in [1.165, 1.54) is 12.8 Å². The van der Waals surface area contributed by atoms with Crippen molar-refractivity contribution in [1.29, 1.82) is 0 Å². The summed E-state index contributed by atoms with van der Waals surface area (Å²) in [6.07, 6.45) is 5.95. The highest BCUT2D eigenvalue weighted by molar-refractivity contribution is 7.22. The minimum Gasteiger partial charge on any atom is -0.348 e. The molecular formula is C22H26N6OS. The molecule has 7 nitrogen and oxygen atoms in total. The molecule has 4 heterocycles. The van der Waals surface area contributed by atoms with Gasteiger partial charge in [0.2, 0.25) is 5.95 Å². The zero-order valence-electron chi connectivity index (χ0n) is 17.2. The zero-order chi connectivity index (χ0) is 20.5. The first-order chi connectivity index (χ1) is 14.7. The van der Waals surface area contributed by atoms with Crippen LogP contribution in [0.3, 0.4) is 0 Å². The lowest BCUT2D eigenvalue weighted by molar-refractivity contribution is 0.0746. The quantitative estimate of drug-likeness (QED) is 0.645. The van der Waals surface area contributed by atoms with Gasteiger partial charge < -0.3 is 14.7 Å². The Balaban J connectivity index is 1.27. The molecule has 1 amide bonds. The standard InChI is InChI=1S/C22H26N6OS/c1-16-5-9-28(10-6-16)22-25-18-4-3-17(15-19(18)30-22)20(29)26-11-13-27(14-12-26)21-23-7-2-8-24-21/h2-4,7-8,15-16H,5-6,9-14H2,1H3. The molecule has 156 valence electrons. The smallest absolute Gasteiger partial charge is 0.254 e. The van der Waals surface area contributed by atoms with E-state index in [0.717, 1.165) is 59.0 Å². The van der Waals surface area contributed by atoms with Crippen LogP contribution in [0.2, 0.25) is 0 Å². The molecule has 0 aliphatic carbocycles. The summed E-state index contributed by atoms with van der Waals surface area (Å²) >= 11 is 1.70. The number of nitrogens with zero attached hydrogens (tertiary/aromatic N) is 6. The number of anilines is 2. The molecule has 0 atom stereocenters. The third-order valence-electron chi connectivity index (χ3n) is 6.08. The molecule has 0 unspecified atom stereocenters. The highest BCUT2D eigenvalue weighted by atomic mass is 32.1. The third-order valence-corrected chi connectivity index (χ3v) is 7.16. The van der Waals surface area contributed by atoms with Crippen LogP contribution in [-0.4, -0.2) is 65.0 Å². The van der Waals surface area contributed by atoms with Gasteiger partial charge in [-0.1, -0.05) is 18.3 Å². The maximum Gasteiger partial charge on any atom is 0.254 e. The number of benzene rings is 1. The molecule has 2 fully saturated rings. The minimum absolute atomic E-state index is 0.0901. The Bertz CT molecular complexity index is 1020. The van der Waals surface area contributed by atoms with Gasteiger partial charge in [-0.3, -0.25) is 4.79 Å². The fourth-order valence-electron chi connectivity index (χ4n) is 4.13. The minimum atomic E-state index is 0.0901. The van der Waals surface area contributed by atoms with Crippen molar-refractivity contribution in [2.24, 2.45) is 5.92 Å². The van der Waals surface area contributed by atoms with E-state index in [-0.39, 0.29) is 5.91 Å². The van der Waals surface area contributed by atoms with E-state index < -0.39 is 0 Å². The number of rotatable bonds is 3. The number of hydrogen-bond acceptors (Lipinski definition) is 7.